The maximum absolute atomic E-state index is 13.5. The average molecular weight is 580 g/mol. The van der Waals surface area contributed by atoms with Crippen molar-refractivity contribution >= 4 is 41.2 Å². The van der Waals surface area contributed by atoms with Crippen LogP contribution in [0, 0.1) is 0 Å². The number of esters is 2. The molecule has 2 unspecified atom stereocenters. The number of nitrogens with zero attached hydrogens (tertiary/aromatic N) is 2. The number of rotatable bonds is 10. The molecule has 1 N–H and O–H groups in total. The van der Waals surface area contributed by atoms with Crippen molar-refractivity contribution < 1.29 is 38.2 Å². The fourth-order valence-corrected chi connectivity index (χ4v) is 6.13. The zero-order valence-electron chi connectivity index (χ0n) is 22.5. The first-order valence-corrected chi connectivity index (χ1v) is 14.1. The Balaban J connectivity index is 1.33. The van der Waals surface area contributed by atoms with Crippen LogP contribution in [0.3, 0.4) is 0 Å². The average Bonchev–Trinajstić information content (AvgIpc) is 3.49. The van der Waals surface area contributed by atoms with Gasteiger partial charge in [0, 0.05) is 17.7 Å². The first-order valence-electron chi connectivity index (χ1n) is 13.1. The smallest absolute Gasteiger partial charge is 0.356 e. The topological polar surface area (TPSA) is 133 Å². The molecule has 41 heavy (non-hydrogen) atoms. The van der Waals surface area contributed by atoms with Crippen LogP contribution in [0.1, 0.15) is 24.5 Å². The van der Waals surface area contributed by atoms with Gasteiger partial charge in [-0.1, -0.05) is 47.6 Å². The van der Waals surface area contributed by atoms with Gasteiger partial charge in [-0.15, -0.1) is 11.8 Å². The fourth-order valence-electron chi connectivity index (χ4n) is 4.72. The minimum Gasteiger partial charge on any atom is -0.497 e. The molecule has 214 valence electrons. The van der Waals surface area contributed by atoms with Gasteiger partial charge in [0.05, 0.1) is 20.1 Å². The Hall–Kier alpha value is -4.32. The van der Waals surface area contributed by atoms with E-state index in [9.17, 15) is 19.2 Å². The van der Waals surface area contributed by atoms with Gasteiger partial charge in [0.1, 0.15) is 29.5 Å². The van der Waals surface area contributed by atoms with Crippen molar-refractivity contribution in [2.75, 3.05) is 19.5 Å². The summed E-state index contributed by atoms with van der Waals surface area (Å²) in [6.07, 6.45) is -0.525. The van der Waals surface area contributed by atoms with Crippen LogP contribution in [0.4, 0.5) is 0 Å². The highest BCUT2D eigenvalue weighted by molar-refractivity contribution is 8.00. The molecule has 2 aromatic rings. The van der Waals surface area contributed by atoms with E-state index in [0.29, 0.717) is 17.1 Å². The summed E-state index contributed by atoms with van der Waals surface area (Å²) in [5.41, 5.74) is 2.19. The Bertz CT molecular complexity index is 1390. The number of amides is 2. The lowest BCUT2D eigenvalue weighted by Crippen LogP contribution is -2.71. The molecule has 2 aromatic carbocycles. The third-order valence-corrected chi connectivity index (χ3v) is 8.11. The van der Waals surface area contributed by atoms with Crippen molar-refractivity contribution in [1.82, 2.24) is 10.2 Å². The maximum Gasteiger partial charge on any atom is 0.356 e. The molecule has 0 aromatic heterocycles. The van der Waals surface area contributed by atoms with E-state index in [1.807, 2.05) is 30.3 Å². The van der Waals surface area contributed by atoms with Gasteiger partial charge in [-0.3, -0.25) is 14.5 Å². The van der Waals surface area contributed by atoms with Crippen LogP contribution >= 0.6 is 11.8 Å². The quantitative estimate of drug-likeness (QED) is 0.333. The summed E-state index contributed by atoms with van der Waals surface area (Å²) < 4.78 is 15.8. The number of methoxy groups -OCH3 is 1. The molecule has 3 atom stereocenters. The highest BCUT2D eigenvalue weighted by Gasteiger charge is 2.55. The van der Waals surface area contributed by atoms with Crippen molar-refractivity contribution in [3.63, 3.8) is 0 Å². The van der Waals surface area contributed by atoms with Crippen molar-refractivity contribution in [1.29, 1.82) is 0 Å². The van der Waals surface area contributed by atoms with Crippen LogP contribution in [-0.4, -0.2) is 71.4 Å². The number of β-lactam (4-membered cyclic amide) rings is 1. The Labute approximate surface area is 240 Å². The number of hydrogen-bond donors (Lipinski definition) is 1. The van der Waals surface area contributed by atoms with E-state index in [-0.39, 0.29) is 43.4 Å². The lowest BCUT2D eigenvalue weighted by atomic mass is 9.98. The molecule has 0 radical (unpaired) electrons. The zero-order chi connectivity index (χ0) is 28.9. The number of benzene rings is 2. The molecule has 11 nitrogen and oxygen atoms in total. The Kier molecular flexibility index (Phi) is 8.58. The van der Waals surface area contributed by atoms with Gasteiger partial charge >= 0.3 is 11.9 Å². The SMILES string of the molecule is CCOC(=O)C1=NO[C@H](C2=C(C(=O)OCc3ccc(OC)cc3)N3C(=O)C(NC(=O)Cc4ccccc4)C3SC2)C1. The largest absolute Gasteiger partial charge is 0.497 e. The number of hydrogen-bond acceptors (Lipinski definition) is 10. The Morgan fingerprint density at radius 3 is 2.51 bits per heavy atom. The number of carbonyl (C=O) groups excluding carboxylic acids is 4. The highest BCUT2D eigenvalue weighted by atomic mass is 32.2. The van der Waals surface area contributed by atoms with E-state index in [4.69, 9.17) is 19.0 Å². The summed E-state index contributed by atoms with van der Waals surface area (Å²) >= 11 is 1.39. The number of ether oxygens (including phenoxy) is 3. The number of oxime groups is 1. The van der Waals surface area contributed by atoms with Gasteiger partial charge in [-0.2, -0.15) is 0 Å². The molecule has 3 aliphatic heterocycles. The normalized spacial score (nSPS) is 21.2. The highest BCUT2D eigenvalue weighted by Crippen LogP contribution is 2.43. The van der Waals surface area contributed by atoms with Crippen molar-refractivity contribution in [3.05, 3.63) is 77.0 Å². The molecule has 12 heteroatoms. The van der Waals surface area contributed by atoms with Gasteiger partial charge in [-0.25, -0.2) is 9.59 Å². The summed E-state index contributed by atoms with van der Waals surface area (Å²) in [6, 6.07) is 15.5. The first-order chi connectivity index (χ1) is 19.9. The van der Waals surface area contributed by atoms with Gasteiger partial charge in [0.15, 0.2) is 11.8 Å². The van der Waals surface area contributed by atoms with Crippen LogP contribution in [0.5, 0.6) is 5.75 Å². The summed E-state index contributed by atoms with van der Waals surface area (Å²) in [6.45, 7) is 1.84. The summed E-state index contributed by atoms with van der Waals surface area (Å²) in [5.74, 6) is -1.05. The summed E-state index contributed by atoms with van der Waals surface area (Å²) in [7, 11) is 1.56. The van der Waals surface area contributed by atoms with Gasteiger partial charge in [0.2, 0.25) is 5.91 Å². The van der Waals surface area contributed by atoms with E-state index >= 15 is 0 Å². The number of fused-ring (bicyclic) bond motifs is 1. The standard InChI is InChI=1S/C29H29N3O8S/c1-3-38-28(35)21-14-22(40-31-21)20-16-41-27-24(30-23(33)13-17-7-5-4-6-8-17)26(34)32(27)25(20)29(36)39-15-18-9-11-19(37-2)12-10-18/h4-12,22,24,27H,3,13-16H2,1-2H3,(H,30,33)/t22-,24?,27?/m0/s1. The van der Waals surface area contributed by atoms with Crippen molar-refractivity contribution in [2.24, 2.45) is 5.16 Å². The molecule has 0 spiro atoms. The second-order valence-electron chi connectivity index (χ2n) is 9.47. The molecule has 3 aliphatic rings. The molecule has 0 saturated carbocycles. The maximum atomic E-state index is 13.5. The molecule has 0 aliphatic carbocycles. The van der Waals surface area contributed by atoms with Crippen LogP contribution in [0.25, 0.3) is 0 Å². The van der Waals surface area contributed by atoms with Crippen molar-refractivity contribution in [2.45, 2.75) is 43.9 Å². The predicted molar refractivity (Wildman–Crippen MR) is 149 cm³/mol. The Morgan fingerprint density at radius 1 is 1.05 bits per heavy atom. The number of carbonyl (C=O) groups is 4. The molecule has 2 amide bonds. The fraction of sp³-hybridized carbons (Fsp3) is 0.345. The third-order valence-electron chi connectivity index (χ3n) is 6.81. The van der Waals surface area contributed by atoms with E-state index in [0.717, 1.165) is 11.1 Å². The van der Waals surface area contributed by atoms with Crippen LogP contribution in [0.2, 0.25) is 0 Å². The monoisotopic (exact) mass is 579 g/mol. The van der Waals surface area contributed by atoms with Crippen molar-refractivity contribution in [3.8, 4) is 5.75 Å². The third kappa shape index (κ3) is 6.07. The summed E-state index contributed by atoms with van der Waals surface area (Å²) in [4.78, 5) is 58.6. The second kappa shape index (κ2) is 12.5. The zero-order valence-corrected chi connectivity index (χ0v) is 23.3. The molecular formula is C29H29N3O8S. The Morgan fingerprint density at radius 2 is 1.80 bits per heavy atom. The lowest BCUT2D eigenvalue weighted by Gasteiger charge is -2.50. The first kappa shape index (κ1) is 28.2. The second-order valence-corrected chi connectivity index (χ2v) is 10.6. The minimum atomic E-state index is -0.794. The number of nitrogens with one attached hydrogen (secondary N) is 1. The van der Waals surface area contributed by atoms with Gasteiger partial charge < -0.3 is 24.4 Å². The molecule has 1 saturated heterocycles. The van der Waals surface area contributed by atoms with E-state index in [1.165, 1.54) is 16.7 Å². The molecular weight excluding hydrogens is 550 g/mol. The van der Waals surface area contributed by atoms with E-state index in [2.05, 4.69) is 10.5 Å². The van der Waals surface area contributed by atoms with E-state index in [1.54, 1.807) is 38.3 Å². The lowest BCUT2D eigenvalue weighted by molar-refractivity contribution is -0.153. The summed E-state index contributed by atoms with van der Waals surface area (Å²) in [5, 5.41) is 6.18. The van der Waals surface area contributed by atoms with Crippen LogP contribution in [-0.2, 0) is 46.5 Å². The molecule has 5 rings (SSSR count). The molecule has 0 bridgehead atoms. The molecule has 3 heterocycles. The van der Waals surface area contributed by atoms with Crippen LogP contribution < -0.4 is 10.1 Å². The van der Waals surface area contributed by atoms with E-state index < -0.39 is 35.4 Å². The molecule has 1 fully saturated rings. The van der Waals surface area contributed by atoms with Gasteiger partial charge in [0.25, 0.3) is 5.91 Å². The van der Waals surface area contributed by atoms with Gasteiger partial charge in [-0.05, 0) is 30.2 Å². The van der Waals surface area contributed by atoms with Crippen LogP contribution in [0.15, 0.2) is 71.0 Å². The number of thioether (sulfide) groups is 1. The predicted octanol–water partition coefficient (Wildman–Crippen LogP) is 2.34. The minimum absolute atomic E-state index is 0.0349.